The second-order valence-corrected chi connectivity index (χ2v) is 8.13. The van der Waals surface area contributed by atoms with Gasteiger partial charge in [-0.15, -0.1) is 0 Å². The van der Waals surface area contributed by atoms with E-state index in [1.807, 2.05) is 36.4 Å². The Hall–Kier alpha value is -3.51. The molecule has 6 heteroatoms. The van der Waals surface area contributed by atoms with Gasteiger partial charge in [-0.05, 0) is 67.9 Å². The van der Waals surface area contributed by atoms with Crippen molar-refractivity contribution in [2.45, 2.75) is 18.9 Å². The van der Waals surface area contributed by atoms with Crippen LogP contribution in [0, 0.1) is 11.7 Å². The Labute approximate surface area is 192 Å². The first-order valence-electron chi connectivity index (χ1n) is 11.1. The SMILES string of the molecule is O=C(Oc1ccccc1)OC(CN1CCC(C(=O)c2ccc(F)cc2)CC1)c1ccccc1. The van der Waals surface area contributed by atoms with E-state index in [0.29, 0.717) is 43.8 Å². The van der Waals surface area contributed by atoms with Crippen molar-refractivity contribution in [3.05, 3.63) is 102 Å². The maximum Gasteiger partial charge on any atom is 0.514 e. The lowest BCUT2D eigenvalue weighted by molar-refractivity contribution is 0.0316. The molecule has 1 unspecified atom stereocenters. The van der Waals surface area contributed by atoms with Gasteiger partial charge < -0.3 is 9.47 Å². The Bertz CT molecular complexity index is 1050. The molecule has 4 rings (SSSR count). The topological polar surface area (TPSA) is 55.8 Å². The number of nitrogens with zero attached hydrogens (tertiary/aromatic N) is 1. The smallest absolute Gasteiger partial charge is 0.424 e. The largest absolute Gasteiger partial charge is 0.514 e. The van der Waals surface area contributed by atoms with Gasteiger partial charge in [0.15, 0.2) is 5.78 Å². The number of halogens is 1. The van der Waals surface area contributed by atoms with Gasteiger partial charge in [0.1, 0.15) is 17.7 Å². The Morgan fingerprint density at radius 2 is 1.48 bits per heavy atom. The highest BCUT2D eigenvalue weighted by molar-refractivity contribution is 5.97. The number of Topliss-reactive ketones (excluding diaryl/α,β-unsaturated/α-hetero) is 1. The summed E-state index contributed by atoms with van der Waals surface area (Å²) >= 11 is 0. The molecule has 0 aromatic heterocycles. The molecule has 1 atom stereocenters. The van der Waals surface area contributed by atoms with Gasteiger partial charge in [-0.1, -0.05) is 48.5 Å². The number of para-hydroxylation sites is 1. The van der Waals surface area contributed by atoms with Gasteiger partial charge >= 0.3 is 6.16 Å². The van der Waals surface area contributed by atoms with Gasteiger partial charge in [-0.3, -0.25) is 9.69 Å². The zero-order valence-electron chi connectivity index (χ0n) is 18.2. The predicted octanol–water partition coefficient (Wildman–Crippen LogP) is 5.68. The number of benzene rings is 3. The summed E-state index contributed by atoms with van der Waals surface area (Å²) in [5.41, 5.74) is 1.43. The number of hydrogen-bond acceptors (Lipinski definition) is 5. The van der Waals surface area contributed by atoms with Crippen LogP contribution in [0.25, 0.3) is 0 Å². The van der Waals surface area contributed by atoms with E-state index in [0.717, 1.165) is 5.56 Å². The molecule has 0 bridgehead atoms. The van der Waals surface area contributed by atoms with Crippen LogP contribution in [0.4, 0.5) is 9.18 Å². The Morgan fingerprint density at radius 3 is 2.12 bits per heavy atom. The first-order valence-corrected chi connectivity index (χ1v) is 11.1. The van der Waals surface area contributed by atoms with Gasteiger partial charge in [0.05, 0.1) is 0 Å². The van der Waals surface area contributed by atoms with Crippen molar-refractivity contribution in [1.29, 1.82) is 0 Å². The van der Waals surface area contributed by atoms with Crippen molar-refractivity contribution in [2.24, 2.45) is 5.92 Å². The summed E-state index contributed by atoms with van der Waals surface area (Å²) in [6.07, 6.45) is 0.154. The van der Waals surface area contributed by atoms with Crippen LogP contribution in [0.5, 0.6) is 5.75 Å². The molecule has 1 saturated heterocycles. The quantitative estimate of drug-likeness (QED) is 0.265. The van der Waals surface area contributed by atoms with E-state index in [9.17, 15) is 14.0 Å². The molecule has 1 heterocycles. The summed E-state index contributed by atoms with van der Waals surface area (Å²) < 4.78 is 24.2. The molecule has 1 fully saturated rings. The second-order valence-electron chi connectivity index (χ2n) is 8.13. The third-order valence-electron chi connectivity index (χ3n) is 5.87. The third kappa shape index (κ3) is 6.26. The maximum atomic E-state index is 13.2. The molecular formula is C27H26FNO4. The number of likely N-dealkylation sites (tertiary alicyclic amines) is 1. The van der Waals surface area contributed by atoms with Crippen LogP contribution in [-0.2, 0) is 4.74 Å². The van der Waals surface area contributed by atoms with Crippen molar-refractivity contribution in [1.82, 2.24) is 4.90 Å². The number of ketones is 1. The van der Waals surface area contributed by atoms with Gasteiger partial charge in [-0.2, -0.15) is 0 Å². The van der Waals surface area contributed by atoms with E-state index in [1.165, 1.54) is 12.1 Å². The Morgan fingerprint density at radius 1 is 0.879 bits per heavy atom. The number of carbonyl (C=O) groups is 2. The highest BCUT2D eigenvalue weighted by Gasteiger charge is 2.28. The average molecular weight is 448 g/mol. The third-order valence-corrected chi connectivity index (χ3v) is 5.87. The lowest BCUT2D eigenvalue weighted by atomic mass is 9.88. The monoisotopic (exact) mass is 447 g/mol. The van der Waals surface area contributed by atoms with Gasteiger partial charge in [-0.25, -0.2) is 9.18 Å². The highest BCUT2D eigenvalue weighted by atomic mass is 19.1. The van der Waals surface area contributed by atoms with Crippen LogP contribution in [-0.4, -0.2) is 36.5 Å². The number of ether oxygens (including phenoxy) is 2. The molecular weight excluding hydrogens is 421 g/mol. The van der Waals surface area contributed by atoms with Crippen molar-refractivity contribution in [2.75, 3.05) is 19.6 Å². The van der Waals surface area contributed by atoms with E-state index in [2.05, 4.69) is 4.90 Å². The van der Waals surface area contributed by atoms with Crippen molar-refractivity contribution in [3.63, 3.8) is 0 Å². The average Bonchev–Trinajstić information content (AvgIpc) is 2.85. The fourth-order valence-corrected chi connectivity index (χ4v) is 4.07. The number of rotatable bonds is 7. The number of carbonyl (C=O) groups excluding carboxylic acids is 2. The summed E-state index contributed by atoms with van der Waals surface area (Å²) in [4.78, 5) is 27.4. The standard InChI is InChI=1S/C27H26FNO4/c28-23-13-11-21(12-14-23)26(30)22-15-17-29(18-16-22)19-25(20-7-3-1-4-8-20)33-27(31)32-24-9-5-2-6-10-24/h1-14,22,25H,15-19H2. The summed E-state index contributed by atoms with van der Waals surface area (Å²) in [6.45, 7) is 1.92. The molecule has 0 N–H and O–H groups in total. The molecule has 5 nitrogen and oxygen atoms in total. The summed E-state index contributed by atoms with van der Waals surface area (Å²) in [5, 5.41) is 0. The Balaban J connectivity index is 1.36. The van der Waals surface area contributed by atoms with Crippen LogP contribution in [0.3, 0.4) is 0 Å². The summed E-state index contributed by atoms with van der Waals surface area (Å²) in [5.74, 6) is 0.0383. The van der Waals surface area contributed by atoms with E-state index in [1.54, 1.807) is 36.4 Å². The molecule has 170 valence electrons. The molecule has 1 aliphatic heterocycles. The van der Waals surface area contributed by atoms with Crippen molar-refractivity contribution >= 4 is 11.9 Å². The molecule has 0 amide bonds. The van der Waals surface area contributed by atoms with E-state index in [-0.39, 0.29) is 17.5 Å². The molecule has 3 aromatic rings. The number of piperidine rings is 1. The minimum Gasteiger partial charge on any atom is -0.424 e. The van der Waals surface area contributed by atoms with Crippen molar-refractivity contribution in [3.8, 4) is 5.75 Å². The van der Waals surface area contributed by atoms with Crippen LogP contribution >= 0.6 is 0 Å². The van der Waals surface area contributed by atoms with Crippen LogP contribution in [0.15, 0.2) is 84.9 Å². The molecule has 0 aliphatic carbocycles. The lowest BCUT2D eigenvalue weighted by Gasteiger charge is -2.33. The molecule has 0 saturated carbocycles. The van der Waals surface area contributed by atoms with Crippen molar-refractivity contribution < 1.29 is 23.5 Å². The van der Waals surface area contributed by atoms with E-state index < -0.39 is 12.3 Å². The Kier molecular flexibility index (Phi) is 7.47. The van der Waals surface area contributed by atoms with E-state index >= 15 is 0 Å². The fraction of sp³-hybridized carbons (Fsp3) is 0.259. The van der Waals surface area contributed by atoms with Gasteiger partial charge in [0.25, 0.3) is 0 Å². The minimum absolute atomic E-state index is 0.0527. The zero-order valence-corrected chi connectivity index (χ0v) is 18.2. The lowest BCUT2D eigenvalue weighted by Crippen LogP contribution is -2.39. The molecule has 3 aromatic carbocycles. The minimum atomic E-state index is -0.753. The first-order chi connectivity index (χ1) is 16.1. The first kappa shape index (κ1) is 22.7. The maximum absolute atomic E-state index is 13.2. The van der Waals surface area contributed by atoms with Crippen LogP contribution in [0.2, 0.25) is 0 Å². The summed E-state index contributed by atoms with van der Waals surface area (Å²) in [6, 6.07) is 24.1. The summed E-state index contributed by atoms with van der Waals surface area (Å²) in [7, 11) is 0. The molecule has 0 spiro atoms. The van der Waals surface area contributed by atoms with Crippen LogP contribution < -0.4 is 4.74 Å². The number of hydrogen-bond donors (Lipinski definition) is 0. The molecule has 0 radical (unpaired) electrons. The predicted molar refractivity (Wildman–Crippen MR) is 123 cm³/mol. The van der Waals surface area contributed by atoms with Gasteiger partial charge in [0, 0.05) is 18.0 Å². The highest BCUT2D eigenvalue weighted by Crippen LogP contribution is 2.26. The van der Waals surface area contributed by atoms with Gasteiger partial charge in [0.2, 0.25) is 0 Å². The van der Waals surface area contributed by atoms with Crippen LogP contribution in [0.1, 0.15) is 34.9 Å². The second kappa shape index (κ2) is 10.9. The zero-order chi connectivity index (χ0) is 23.0. The fourth-order valence-electron chi connectivity index (χ4n) is 4.07. The normalized spacial score (nSPS) is 15.5. The van der Waals surface area contributed by atoms with E-state index in [4.69, 9.17) is 9.47 Å². The molecule has 33 heavy (non-hydrogen) atoms. The molecule has 1 aliphatic rings.